The molecule has 0 aliphatic carbocycles. The van der Waals surface area contributed by atoms with E-state index in [1.165, 1.54) is 12.4 Å². The van der Waals surface area contributed by atoms with E-state index in [4.69, 9.17) is 5.73 Å². The first kappa shape index (κ1) is 10.6. The zero-order chi connectivity index (χ0) is 10.6. The van der Waals surface area contributed by atoms with Gasteiger partial charge in [-0.05, 0) is 13.0 Å². The van der Waals surface area contributed by atoms with Gasteiger partial charge in [-0.2, -0.15) is 10.2 Å². The van der Waals surface area contributed by atoms with E-state index in [2.05, 4.69) is 10.2 Å². The van der Waals surface area contributed by atoms with Crippen molar-refractivity contribution < 1.29 is 4.79 Å². The molecule has 0 bridgehead atoms. The largest absolute Gasteiger partial charge is 0.338 e. The van der Waals surface area contributed by atoms with Crippen LogP contribution in [0.4, 0.5) is 0 Å². The summed E-state index contributed by atoms with van der Waals surface area (Å²) in [5.41, 5.74) is 6.00. The Labute approximate surface area is 82.9 Å². The molecule has 2 N–H and O–H groups in total. The van der Waals surface area contributed by atoms with Crippen molar-refractivity contribution >= 4 is 5.91 Å². The van der Waals surface area contributed by atoms with Gasteiger partial charge in [-0.15, -0.1) is 0 Å². The minimum absolute atomic E-state index is 0.0238. The number of rotatable bonds is 3. The highest BCUT2D eigenvalue weighted by molar-refractivity contribution is 5.93. The maximum absolute atomic E-state index is 11.7. The van der Waals surface area contributed by atoms with Gasteiger partial charge < -0.3 is 10.6 Å². The predicted molar refractivity (Wildman–Crippen MR) is 52.6 cm³/mol. The second-order valence-corrected chi connectivity index (χ2v) is 3.13. The SMILES string of the molecule is CC(CN)N(C)C(=O)c1ccnnc1. The van der Waals surface area contributed by atoms with Gasteiger partial charge in [-0.3, -0.25) is 4.79 Å². The third-order valence-corrected chi connectivity index (χ3v) is 2.15. The maximum atomic E-state index is 11.7. The summed E-state index contributed by atoms with van der Waals surface area (Å²) in [6.45, 7) is 2.34. The van der Waals surface area contributed by atoms with Crippen LogP contribution in [0.25, 0.3) is 0 Å². The number of hydrogen-bond donors (Lipinski definition) is 1. The molecule has 0 saturated heterocycles. The Morgan fingerprint density at radius 3 is 2.86 bits per heavy atom. The van der Waals surface area contributed by atoms with Gasteiger partial charge >= 0.3 is 0 Å². The smallest absolute Gasteiger partial charge is 0.255 e. The Balaban J connectivity index is 2.76. The minimum Gasteiger partial charge on any atom is -0.338 e. The molecule has 0 aromatic carbocycles. The number of carbonyl (C=O) groups excluding carboxylic acids is 1. The minimum atomic E-state index is -0.0853. The quantitative estimate of drug-likeness (QED) is 0.729. The van der Waals surface area contributed by atoms with Gasteiger partial charge in [0.25, 0.3) is 5.91 Å². The highest BCUT2D eigenvalue weighted by Gasteiger charge is 2.15. The van der Waals surface area contributed by atoms with Crippen LogP contribution in [-0.4, -0.2) is 40.6 Å². The van der Waals surface area contributed by atoms with Gasteiger partial charge in [0.15, 0.2) is 0 Å². The van der Waals surface area contributed by atoms with Gasteiger partial charge in [0.2, 0.25) is 0 Å². The van der Waals surface area contributed by atoms with Crippen molar-refractivity contribution in [3.05, 3.63) is 24.0 Å². The normalized spacial score (nSPS) is 12.2. The molecule has 5 heteroatoms. The van der Waals surface area contributed by atoms with Crippen LogP contribution in [0.1, 0.15) is 17.3 Å². The van der Waals surface area contributed by atoms with Crippen LogP contribution < -0.4 is 5.73 Å². The lowest BCUT2D eigenvalue weighted by Crippen LogP contribution is -2.39. The number of nitrogens with zero attached hydrogens (tertiary/aromatic N) is 3. The van der Waals surface area contributed by atoms with E-state index < -0.39 is 0 Å². The van der Waals surface area contributed by atoms with Crippen molar-refractivity contribution in [1.82, 2.24) is 15.1 Å². The van der Waals surface area contributed by atoms with Gasteiger partial charge in [0.1, 0.15) is 0 Å². The summed E-state index contributed by atoms with van der Waals surface area (Å²) in [7, 11) is 1.72. The number of amides is 1. The number of aromatic nitrogens is 2. The topological polar surface area (TPSA) is 72.1 Å². The van der Waals surface area contributed by atoms with E-state index in [0.717, 1.165) is 0 Å². The second kappa shape index (κ2) is 4.66. The van der Waals surface area contributed by atoms with E-state index in [-0.39, 0.29) is 11.9 Å². The Morgan fingerprint density at radius 1 is 1.64 bits per heavy atom. The Bertz CT molecular complexity index is 301. The Kier molecular flexibility index (Phi) is 3.53. The fraction of sp³-hybridized carbons (Fsp3) is 0.444. The zero-order valence-electron chi connectivity index (χ0n) is 8.34. The van der Waals surface area contributed by atoms with Crippen LogP contribution in [0.2, 0.25) is 0 Å². The van der Waals surface area contributed by atoms with Crippen LogP contribution in [0.15, 0.2) is 18.5 Å². The summed E-state index contributed by atoms with van der Waals surface area (Å²) in [5.74, 6) is -0.0853. The van der Waals surface area contributed by atoms with Crippen molar-refractivity contribution in [2.24, 2.45) is 5.73 Å². The highest BCUT2D eigenvalue weighted by Crippen LogP contribution is 2.03. The monoisotopic (exact) mass is 194 g/mol. The zero-order valence-corrected chi connectivity index (χ0v) is 8.34. The highest BCUT2D eigenvalue weighted by atomic mass is 16.2. The number of nitrogens with two attached hydrogens (primary N) is 1. The summed E-state index contributed by atoms with van der Waals surface area (Å²) in [6, 6.07) is 1.66. The Morgan fingerprint density at radius 2 is 2.36 bits per heavy atom. The summed E-state index contributed by atoms with van der Waals surface area (Å²) >= 11 is 0. The number of likely N-dealkylation sites (N-methyl/N-ethyl adjacent to an activating group) is 1. The molecule has 1 atom stereocenters. The molecule has 1 heterocycles. The van der Waals surface area contributed by atoms with E-state index in [9.17, 15) is 4.79 Å². The molecule has 1 aromatic heterocycles. The molecule has 1 unspecified atom stereocenters. The number of hydrogen-bond acceptors (Lipinski definition) is 4. The molecule has 0 radical (unpaired) electrons. The van der Waals surface area contributed by atoms with Crippen LogP contribution in [0.5, 0.6) is 0 Å². The summed E-state index contributed by atoms with van der Waals surface area (Å²) in [6.07, 6.45) is 2.94. The molecule has 0 fully saturated rings. The predicted octanol–water partition coefficient (Wildman–Crippen LogP) is -0.104. The van der Waals surface area contributed by atoms with Crippen molar-refractivity contribution in [3.8, 4) is 0 Å². The summed E-state index contributed by atoms with van der Waals surface area (Å²) in [4.78, 5) is 13.3. The second-order valence-electron chi connectivity index (χ2n) is 3.13. The van der Waals surface area contributed by atoms with Crippen molar-refractivity contribution in [3.63, 3.8) is 0 Å². The summed E-state index contributed by atoms with van der Waals surface area (Å²) in [5, 5.41) is 7.25. The van der Waals surface area contributed by atoms with Crippen molar-refractivity contribution in [1.29, 1.82) is 0 Å². The Hall–Kier alpha value is -1.49. The first-order valence-corrected chi connectivity index (χ1v) is 4.40. The van der Waals surface area contributed by atoms with E-state index in [0.29, 0.717) is 12.1 Å². The fourth-order valence-corrected chi connectivity index (χ4v) is 0.979. The molecule has 1 amide bonds. The fourth-order valence-electron chi connectivity index (χ4n) is 0.979. The lowest BCUT2D eigenvalue weighted by Gasteiger charge is -2.23. The average molecular weight is 194 g/mol. The molecule has 0 saturated carbocycles. The van der Waals surface area contributed by atoms with Crippen LogP contribution in [0, 0.1) is 0 Å². The third-order valence-electron chi connectivity index (χ3n) is 2.15. The van der Waals surface area contributed by atoms with E-state index in [1.54, 1.807) is 18.0 Å². The van der Waals surface area contributed by atoms with Crippen molar-refractivity contribution in [2.75, 3.05) is 13.6 Å². The molecular formula is C9H14N4O. The molecule has 14 heavy (non-hydrogen) atoms. The first-order valence-electron chi connectivity index (χ1n) is 4.40. The maximum Gasteiger partial charge on any atom is 0.255 e. The first-order chi connectivity index (χ1) is 6.66. The van der Waals surface area contributed by atoms with E-state index in [1.807, 2.05) is 6.92 Å². The molecule has 76 valence electrons. The summed E-state index contributed by atoms with van der Waals surface area (Å²) < 4.78 is 0. The van der Waals surface area contributed by atoms with Gasteiger partial charge in [0.05, 0.1) is 18.0 Å². The lowest BCUT2D eigenvalue weighted by atomic mass is 10.2. The van der Waals surface area contributed by atoms with Gasteiger partial charge in [-0.1, -0.05) is 0 Å². The van der Waals surface area contributed by atoms with Crippen molar-refractivity contribution in [2.45, 2.75) is 13.0 Å². The molecule has 0 aliphatic rings. The molecule has 0 spiro atoms. The van der Waals surface area contributed by atoms with Crippen LogP contribution >= 0.6 is 0 Å². The molecular weight excluding hydrogens is 180 g/mol. The van der Waals surface area contributed by atoms with Crippen LogP contribution in [0.3, 0.4) is 0 Å². The lowest BCUT2D eigenvalue weighted by molar-refractivity contribution is 0.0748. The third kappa shape index (κ3) is 2.26. The molecule has 1 rings (SSSR count). The van der Waals surface area contributed by atoms with Crippen LogP contribution in [-0.2, 0) is 0 Å². The van der Waals surface area contributed by atoms with Gasteiger partial charge in [0, 0.05) is 19.6 Å². The van der Waals surface area contributed by atoms with Gasteiger partial charge in [-0.25, -0.2) is 0 Å². The molecule has 5 nitrogen and oxygen atoms in total. The number of carbonyl (C=O) groups is 1. The molecule has 1 aromatic rings. The van der Waals surface area contributed by atoms with E-state index >= 15 is 0 Å². The average Bonchev–Trinajstić information content (AvgIpc) is 2.27. The standard InChI is InChI=1S/C9H14N4O/c1-7(5-10)13(2)9(14)8-3-4-11-12-6-8/h3-4,6-7H,5,10H2,1-2H3. The molecule has 0 aliphatic heterocycles.